The topological polar surface area (TPSA) is 55.8 Å². The molecule has 5 nitrogen and oxygen atoms in total. The third-order valence-electron chi connectivity index (χ3n) is 4.89. The number of para-hydroxylation sites is 1. The average Bonchev–Trinajstić information content (AvgIpc) is 2.87. The van der Waals surface area contributed by atoms with Gasteiger partial charge in [-0.2, -0.15) is 0 Å². The fraction of sp³-hybridized carbons (Fsp3) is 0.273. The monoisotopic (exact) mass is 365 g/mol. The van der Waals surface area contributed by atoms with Crippen LogP contribution in [0.3, 0.4) is 0 Å². The number of fused-ring (bicyclic) bond motifs is 1. The van der Waals surface area contributed by atoms with E-state index in [4.69, 9.17) is 9.47 Å². The predicted octanol–water partition coefficient (Wildman–Crippen LogP) is 3.73. The van der Waals surface area contributed by atoms with E-state index in [1.165, 1.54) is 12.7 Å². The van der Waals surface area contributed by atoms with Crippen LogP contribution in [0, 0.1) is 0 Å². The number of carbonyl (C=O) groups excluding carboxylic acids is 2. The van der Waals surface area contributed by atoms with Crippen molar-refractivity contribution in [3.05, 3.63) is 71.4 Å². The van der Waals surface area contributed by atoms with Crippen molar-refractivity contribution in [2.75, 3.05) is 25.7 Å². The molecule has 0 aromatic heterocycles. The molecule has 0 saturated carbocycles. The van der Waals surface area contributed by atoms with Crippen LogP contribution in [0.15, 0.2) is 60.3 Å². The lowest BCUT2D eigenvalue weighted by atomic mass is 9.83. The van der Waals surface area contributed by atoms with Crippen molar-refractivity contribution in [3.63, 3.8) is 0 Å². The van der Waals surface area contributed by atoms with E-state index >= 15 is 0 Å². The molecule has 2 aromatic rings. The van der Waals surface area contributed by atoms with Crippen molar-refractivity contribution < 1.29 is 19.1 Å². The number of carbonyl (C=O) groups is 2. The van der Waals surface area contributed by atoms with Crippen molar-refractivity contribution in [1.82, 2.24) is 0 Å². The Morgan fingerprint density at radius 1 is 1.11 bits per heavy atom. The molecule has 0 fully saturated rings. The minimum atomic E-state index is -0.553. The van der Waals surface area contributed by atoms with Crippen molar-refractivity contribution in [3.8, 4) is 5.75 Å². The van der Waals surface area contributed by atoms with Crippen LogP contribution in [0.4, 0.5) is 5.69 Å². The summed E-state index contributed by atoms with van der Waals surface area (Å²) in [7, 11) is 3.47. The molecule has 2 aromatic carbocycles. The van der Waals surface area contributed by atoms with E-state index in [0.29, 0.717) is 11.3 Å². The number of likely N-dealkylation sites (N-methyl/N-ethyl adjacent to an activating group) is 1. The molecule has 3 rings (SSSR count). The Balaban J connectivity index is 1.71. The summed E-state index contributed by atoms with van der Waals surface area (Å²) >= 11 is 0. The van der Waals surface area contributed by atoms with E-state index in [1.54, 1.807) is 30.3 Å². The van der Waals surface area contributed by atoms with Crippen LogP contribution in [0.2, 0.25) is 0 Å². The molecule has 0 N–H and O–H groups in total. The van der Waals surface area contributed by atoms with Crippen LogP contribution in [0.1, 0.15) is 29.8 Å². The number of benzene rings is 2. The van der Waals surface area contributed by atoms with Gasteiger partial charge in [0.05, 0.1) is 12.7 Å². The van der Waals surface area contributed by atoms with E-state index in [1.807, 2.05) is 30.1 Å². The lowest BCUT2D eigenvalue weighted by molar-refractivity contribution is -0.117. The Morgan fingerprint density at radius 3 is 2.56 bits per heavy atom. The first kappa shape index (κ1) is 18.7. The van der Waals surface area contributed by atoms with Gasteiger partial charge in [0.1, 0.15) is 5.75 Å². The highest BCUT2D eigenvalue weighted by Gasteiger charge is 2.38. The van der Waals surface area contributed by atoms with E-state index in [2.05, 4.69) is 19.9 Å². The number of rotatable bonds is 5. The number of esters is 1. The molecule has 0 spiro atoms. The van der Waals surface area contributed by atoms with Gasteiger partial charge in [0.2, 0.25) is 0 Å². The summed E-state index contributed by atoms with van der Waals surface area (Å²) in [6.45, 7) is 3.85. The molecule has 0 unspecified atom stereocenters. The maximum Gasteiger partial charge on any atom is 0.338 e. The van der Waals surface area contributed by atoms with Crippen molar-refractivity contribution in [2.45, 2.75) is 19.3 Å². The molecule has 140 valence electrons. The van der Waals surface area contributed by atoms with Gasteiger partial charge in [0, 0.05) is 29.9 Å². The molecule has 0 bridgehead atoms. The van der Waals surface area contributed by atoms with Crippen molar-refractivity contribution in [2.24, 2.45) is 0 Å². The second-order valence-electron chi connectivity index (χ2n) is 7.01. The van der Waals surface area contributed by atoms with Crippen LogP contribution < -0.4 is 9.64 Å². The van der Waals surface area contributed by atoms with Crippen LogP contribution in [0.5, 0.6) is 5.75 Å². The van der Waals surface area contributed by atoms with Gasteiger partial charge in [-0.1, -0.05) is 38.1 Å². The Kier molecular flexibility index (Phi) is 5.04. The molecule has 1 heterocycles. The van der Waals surface area contributed by atoms with Crippen LogP contribution in [-0.2, 0) is 14.9 Å². The fourth-order valence-electron chi connectivity index (χ4n) is 3.42. The summed E-state index contributed by atoms with van der Waals surface area (Å²) in [5, 5.41) is 0. The SMILES string of the molecule is COc1cccc(C(=O)OCC(=O)C=C2N(C)c3ccccc3C2(C)C)c1. The number of nitrogens with zero attached hydrogens (tertiary/aromatic N) is 1. The van der Waals surface area contributed by atoms with Gasteiger partial charge >= 0.3 is 5.97 Å². The predicted molar refractivity (Wildman–Crippen MR) is 104 cm³/mol. The minimum Gasteiger partial charge on any atom is -0.497 e. The smallest absolute Gasteiger partial charge is 0.338 e. The first-order valence-electron chi connectivity index (χ1n) is 8.74. The highest BCUT2D eigenvalue weighted by molar-refractivity contribution is 5.96. The minimum absolute atomic E-state index is 0.256. The summed E-state index contributed by atoms with van der Waals surface area (Å²) < 4.78 is 10.3. The van der Waals surface area contributed by atoms with Gasteiger partial charge in [0.25, 0.3) is 0 Å². The molecule has 5 heteroatoms. The largest absolute Gasteiger partial charge is 0.497 e. The van der Waals surface area contributed by atoms with Crippen LogP contribution in [-0.4, -0.2) is 32.5 Å². The number of hydrogen-bond acceptors (Lipinski definition) is 5. The normalized spacial score (nSPS) is 16.1. The second-order valence-corrected chi connectivity index (χ2v) is 7.01. The molecular weight excluding hydrogens is 342 g/mol. The molecule has 1 aliphatic rings. The van der Waals surface area contributed by atoms with Gasteiger partial charge in [-0.25, -0.2) is 4.79 Å². The van der Waals surface area contributed by atoms with E-state index < -0.39 is 5.97 Å². The van der Waals surface area contributed by atoms with E-state index in [-0.39, 0.29) is 17.8 Å². The summed E-state index contributed by atoms with van der Waals surface area (Å²) in [6, 6.07) is 14.7. The van der Waals surface area contributed by atoms with E-state index in [9.17, 15) is 9.59 Å². The Bertz CT molecular complexity index is 914. The molecule has 0 radical (unpaired) electrons. The van der Waals surface area contributed by atoms with E-state index in [0.717, 1.165) is 11.4 Å². The zero-order valence-corrected chi connectivity index (χ0v) is 16.0. The zero-order chi connectivity index (χ0) is 19.6. The lowest BCUT2D eigenvalue weighted by Crippen LogP contribution is -2.25. The maximum absolute atomic E-state index is 12.4. The second kappa shape index (κ2) is 7.27. The average molecular weight is 365 g/mol. The number of ether oxygens (including phenoxy) is 2. The maximum atomic E-state index is 12.4. The van der Waals surface area contributed by atoms with Gasteiger partial charge < -0.3 is 14.4 Å². The van der Waals surface area contributed by atoms with Crippen molar-refractivity contribution >= 4 is 17.4 Å². The van der Waals surface area contributed by atoms with Gasteiger partial charge in [0.15, 0.2) is 12.4 Å². The number of anilines is 1. The number of hydrogen-bond donors (Lipinski definition) is 0. The Hall–Kier alpha value is -3.08. The zero-order valence-electron chi connectivity index (χ0n) is 16.0. The first-order valence-corrected chi connectivity index (χ1v) is 8.74. The van der Waals surface area contributed by atoms with Gasteiger partial charge in [-0.15, -0.1) is 0 Å². The molecule has 0 saturated heterocycles. The number of methoxy groups -OCH3 is 1. The fourth-order valence-corrected chi connectivity index (χ4v) is 3.42. The Labute approximate surface area is 159 Å². The summed E-state index contributed by atoms with van der Waals surface area (Å²) in [5.41, 5.74) is 3.18. The summed E-state index contributed by atoms with van der Waals surface area (Å²) in [4.78, 5) is 26.6. The molecule has 0 aliphatic carbocycles. The standard InChI is InChI=1S/C22H23NO4/c1-22(2)18-10-5-6-11-19(18)23(3)20(22)13-16(24)14-27-21(25)15-8-7-9-17(12-15)26-4/h5-13H,14H2,1-4H3. The van der Waals surface area contributed by atoms with Gasteiger partial charge in [-0.3, -0.25) is 4.79 Å². The lowest BCUT2D eigenvalue weighted by Gasteiger charge is -2.23. The van der Waals surface area contributed by atoms with Crippen LogP contribution in [0.25, 0.3) is 0 Å². The molecular formula is C22H23NO4. The van der Waals surface area contributed by atoms with Crippen molar-refractivity contribution in [1.29, 1.82) is 0 Å². The van der Waals surface area contributed by atoms with Gasteiger partial charge in [-0.05, 0) is 29.8 Å². The quantitative estimate of drug-likeness (QED) is 0.597. The molecule has 0 atom stereocenters. The number of ketones is 1. The highest BCUT2D eigenvalue weighted by Crippen LogP contribution is 2.46. The Morgan fingerprint density at radius 2 is 1.85 bits per heavy atom. The van der Waals surface area contributed by atoms with Crippen LogP contribution >= 0.6 is 0 Å². The highest BCUT2D eigenvalue weighted by atomic mass is 16.5. The molecule has 27 heavy (non-hydrogen) atoms. The third-order valence-corrected chi connectivity index (χ3v) is 4.89. The summed E-state index contributed by atoms with van der Waals surface area (Å²) in [5.74, 6) is -0.248. The number of allylic oxidation sites excluding steroid dienone is 1. The summed E-state index contributed by atoms with van der Waals surface area (Å²) in [6.07, 6.45) is 1.57. The molecule has 1 aliphatic heterocycles. The first-order chi connectivity index (χ1) is 12.8. The third kappa shape index (κ3) is 3.58. The molecule has 0 amide bonds.